The summed E-state index contributed by atoms with van der Waals surface area (Å²) >= 11 is 0. The molecule has 0 amide bonds. The molecule has 1 aromatic rings. The predicted molar refractivity (Wildman–Crippen MR) is 74.9 cm³/mol. The Morgan fingerprint density at radius 2 is 1.50 bits per heavy atom. The second kappa shape index (κ2) is 3.77. The highest BCUT2D eigenvalue weighted by Gasteiger charge is 2.56. The van der Waals surface area contributed by atoms with E-state index in [2.05, 4.69) is 53.7 Å². The predicted octanol–water partition coefficient (Wildman–Crippen LogP) is 3.19. The molecule has 1 aromatic carbocycles. The molecule has 97 valence electrons. The van der Waals surface area contributed by atoms with Gasteiger partial charge < -0.3 is 9.68 Å². The molecular weight excluding hydrogens is 223 g/mol. The van der Waals surface area contributed by atoms with Crippen LogP contribution < -0.4 is 4.65 Å². The molecule has 0 bridgehead atoms. The first-order chi connectivity index (χ1) is 8.16. The molecule has 1 aliphatic rings. The number of benzene rings is 1. The van der Waals surface area contributed by atoms with Crippen LogP contribution in [0.3, 0.4) is 0 Å². The molecule has 3 heteroatoms. The number of hydrogen-bond donors (Lipinski definition) is 1. The van der Waals surface area contributed by atoms with Gasteiger partial charge in [-0.3, -0.25) is 0 Å². The van der Waals surface area contributed by atoms with Crippen LogP contribution >= 0.6 is 0 Å². The van der Waals surface area contributed by atoms with Crippen LogP contribution in [-0.4, -0.2) is 12.7 Å². The number of rotatable bonds is 2. The lowest BCUT2D eigenvalue weighted by Crippen LogP contribution is -2.42. The standard InChI is InChI=1S/C15H22BO2/c1-13(2)11-8-7-10(18-16-17)9-12(11)14(3,4)15(13,5)6/h7-9,17H,1-6H3. The Bertz CT molecular complexity index is 475. The van der Waals surface area contributed by atoms with Gasteiger partial charge in [-0.2, -0.15) is 0 Å². The summed E-state index contributed by atoms with van der Waals surface area (Å²) in [6.07, 6.45) is 0. The normalized spacial score (nSPS) is 22.4. The Morgan fingerprint density at radius 3 is 2.06 bits per heavy atom. The molecule has 18 heavy (non-hydrogen) atoms. The summed E-state index contributed by atoms with van der Waals surface area (Å²) in [6.45, 7) is 13.8. The molecule has 0 fully saturated rings. The van der Waals surface area contributed by atoms with Gasteiger partial charge in [0.1, 0.15) is 5.75 Å². The van der Waals surface area contributed by atoms with Crippen LogP contribution in [-0.2, 0) is 10.8 Å². The van der Waals surface area contributed by atoms with Crippen molar-refractivity contribution in [3.05, 3.63) is 29.3 Å². The van der Waals surface area contributed by atoms with Crippen LogP contribution in [0.15, 0.2) is 18.2 Å². The zero-order chi connectivity index (χ0) is 13.8. The second-order valence-corrected chi connectivity index (χ2v) is 6.81. The van der Waals surface area contributed by atoms with E-state index in [9.17, 15) is 0 Å². The minimum Gasteiger partial charge on any atom is -0.537 e. The molecule has 0 atom stereocenters. The van der Waals surface area contributed by atoms with Crippen LogP contribution in [0, 0.1) is 5.41 Å². The van der Waals surface area contributed by atoms with E-state index in [1.807, 2.05) is 6.07 Å². The van der Waals surface area contributed by atoms with Gasteiger partial charge in [-0.25, -0.2) is 0 Å². The van der Waals surface area contributed by atoms with E-state index in [0.29, 0.717) is 5.75 Å². The average molecular weight is 245 g/mol. The maximum atomic E-state index is 8.76. The summed E-state index contributed by atoms with van der Waals surface area (Å²) in [4.78, 5) is 0. The Hall–Kier alpha value is -0.955. The van der Waals surface area contributed by atoms with Gasteiger partial charge in [-0.05, 0) is 39.5 Å². The third kappa shape index (κ3) is 1.46. The first-order valence-electron chi connectivity index (χ1n) is 6.44. The first-order valence-corrected chi connectivity index (χ1v) is 6.44. The van der Waals surface area contributed by atoms with Gasteiger partial charge in [-0.15, -0.1) is 0 Å². The topological polar surface area (TPSA) is 29.5 Å². The highest BCUT2D eigenvalue weighted by Crippen LogP contribution is 2.61. The van der Waals surface area contributed by atoms with E-state index >= 15 is 0 Å². The Balaban J connectivity index is 2.64. The maximum Gasteiger partial charge on any atom is 0.569 e. The van der Waals surface area contributed by atoms with Crippen molar-refractivity contribution in [3.63, 3.8) is 0 Å². The van der Waals surface area contributed by atoms with Crippen LogP contribution in [0.4, 0.5) is 0 Å². The maximum absolute atomic E-state index is 8.76. The van der Waals surface area contributed by atoms with Crippen LogP contribution in [0.25, 0.3) is 0 Å². The van der Waals surface area contributed by atoms with Crippen molar-refractivity contribution in [2.75, 3.05) is 0 Å². The fourth-order valence-electron chi connectivity index (χ4n) is 3.17. The van der Waals surface area contributed by atoms with E-state index in [0.717, 1.165) is 7.69 Å². The highest BCUT2D eigenvalue weighted by molar-refractivity contribution is 6.17. The summed E-state index contributed by atoms with van der Waals surface area (Å²) in [7, 11) is 0.736. The molecule has 0 heterocycles. The quantitative estimate of drug-likeness (QED) is 0.811. The number of fused-ring (bicyclic) bond motifs is 1. The molecule has 0 saturated carbocycles. The molecular formula is C15H22BO2. The summed E-state index contributed by atoms with van der Waals surface area (Å²) in [6, 6.07) is 6.11. The van der Waals surface area contributed by atoms with E-state index in [-0.39, 0.29) is 16.2 Å². The molecule has 0 spiro atoms. The second-order valence-electron chi connectivity index (χ2n) is 6.81. The Labute approximate surface area is 111 Å². The van der Waals surface area contributed by atoms with Crippen molar-refractivity contribution in [2.45, 2.75) is 52.4 Å². The van der Waals surface area contributed by atoms with Gasteiger partial charge in [-0.1, -0.05) is 47.6 Å². The van der Waals surface area contributed by atoms with Gasteiger partial charge in [0.15, 0.2) is 0 Å². The van der Waals surface area contributed by atoms with E-state index in [4.69, 9.17) is 9.68 Å². The van der Waals surface area contributed by atoms with Crippen LogP contribution in [0.2, 0.25) is 0 Å². The van der Waals surface area contributed by atoms with Crippen molar-refractivity contribution < 1.29 is 9.68 Å². The first kappa shape index (κ1) is 13.5. The SMILES string of the molecule is CC1(C)c2ccc(O[B]O)cc2C(C)(C)C1(C)C. The average Bonchev–Trinajstić information content (AvgIpc) is 2.37. The summed E-state index contributed by atoms with van der Waals surface area (Å²) in [5, 5.41) is 8.76. The Kier molecular flexibility index (Phi) is 2.82. The molecule has 1 N–H and O–H groups in total. The summed E-state index contributed by atoms with van der Waals surface area (Å²) in [5.74, 6) is 0.692. The van der Waals surface area contributed by atoms with Gasteiger partial charge >= 0.3 is 7.69 Å². The van der Waals surface area contributed by atoms with E-state index in [1.54, 1.807) is 0 Å². The molecule has 0 saturated heterocycles. The van der Waals surface area contributed by atoms with Gasteiger partial charge in [0, 0.05) is 0 Å². The molecule has 0 aliphatic heterocycles. The van der Waals surface area contributed by atoms with E-state index < -0.39 is 0 Å². The lowest BCUT2D eigenvalue weighted by Gasteiger charge is -2.44. The van der Waals surface area contributed by atoms with Gasteiger partial charge in [0.05, 0.1) is 0 Å². The summed E-state index contributed by atoms with van der Waals surface area (Å²) in [5.41, 5.74) is 3.04. The Morgan fingerprint density at radius 1 is 0.944 bits per heavy atom. The smallest absolute Gasteiger partial charge is 0.537 e. The zero-order valence-electron chi connectivity index (χ0n) is 12.2. The fraction of sp³-hybridized carbons (Fsp3) is 0.600. The molecule has 0 aromatic heterocycles. The monoisotopic (exact) mass is 245 g/mol. The minimum absolute atomic E-state index is 0.0701. The number of hydrogen-bond acceptors (Lipinski definition) is 2. The molecule has 2 rings (SSSR count). The van der Waals surface area contributed by atoms with Crippen molar-refractivity contribution in [1.82, 2.24) is 0 Å². The van der Waals surface area contributed by atoms with Crippen molar-refractivity contribution in [2.24, 2.45) is 5.41 Å². The van der Waals surface area contributed by atoms with Gasteiger partial charge in [0.25, 0.3) is 0 Å². The lowest BCUT2D eigenvalue weighted by molar-refractivity contribution is 0.125. The van der Waals surface area contributed by atoms with Crippen molar-refractivity contribution in [1.29, 1.82) is 0 Å². The molecule has 1 radical (unpaired) electrons. The largest absolute Gasteiger partial charge is 0.569 e. The molecule has 1 aliphatic carbocycles. The van der Waals surface area contributed by atoms with Crippen LogP contribution in [0.5, 0.6) is 5.75 Å². The molecule has 2 nitrogen and oxygen atoms in total. The van der Waals surface area contributed by atoms with Crippen LogP contribution in [0.1, 0.15) is 52.7 Å². The molecule has 0 unspecified atom stereocenters. The lowest BCUT2D eigenvalue weighted by atomic mass is 9.59. The van der Waals surface area contributed by atoms with E-state index in [1.165, 1.54) is 11.1 Å². The minimum atomic E-state index is 0.0701. The van der Waals surface area contributed by atoms with Crippen molar-refractivity contribution in [3.8, 4) is 5.75 Å². The third-order valence-electron chi connectivity index (χ3n) is 5.65. The highest BCUT2D eigenvalue weighted by atomic mass is 16.5. The zero-order valence-corrected chi connectivity index (χ0v) is 12.2. The fourth-order valence-corrected chi connectivity index (χ4v) is 3.17. The third-order valence-corrected chi connectivity index (χ3v) is 5.65. The van der Waals surface area contributed by atoms with Gasteiger partial charge in [0.2, 0.25) is 0 Å². The van der Waals surface area contributed by atoms with Crippen molar-refractivity contribution >= 4 is 7.69 Å². The summed E-state index contributed by atoms with van der Waals surface area (Å²) < 4.78 is 5.09.